The van der Waals surface area contributed by atoms with Crippen LogP contribution >= 0.6 is 0 Å². The summed E-state index contributed by atoms with van der Waals surface area (Å²) in [4.78, 5) is 2.32. The smallest absolute Gasteiger partial charge is 0.135 e. The first kappa shape index (κ1) is 32.8. The monoisotopic (exact) mass is 729 g/mol. The Bertz CT molecular complexity index is 3110. The minimum atomic E-state index is 0.878. The second-order valence-electron chi connectivity index (χ2n) is 14.5. The molecule has 0 aliphatic carbocycles. The van der Waals surface area contributed by atoms with Crippen LogP contribution in [0.5, 0.6) is 0 Å². The van der Waals surface area contributed by atoms with Crippen LogP contribution in [0.3, 0.4) is 0 Å². The number of rotatable bonds is 7. The lowest BCUT2D eigenvalue weighted by molar-refractivity contribution is 0.668. The van der Waals surface area contributed by atoms with E-state index in [1.807, 2.05) is 12.1 Å². The van der Waals surface area contributed by atoms with Crippen molar-refractivity contribution in [2.45, 2.75) is 0 Å². The van der Waals surface area contributed by atoms with E-state index in [4.69, 9.17) is 8.83 Å². The van der Waals surface area contributed by atoms with E-state index in [-0.39, 0.29) is 0 Å². The largest absolute Gasteiger partial charge is 0.456 e. The predicted octanol–water partition coefficient (Wildman–Crippen LogP) is 15.6. The molecular formula is C54H35NO2. The van der Waals surface area contributed by atoms with Crippen molar-refractivity contribution in [2.24, 2.45) is 0 Å². The molecule has 3 nitrogen and oxygen atoms in total. The van der Waals surface area contributed by atoms with Gasteiger partial charge in [0.05, 0.1) is 0 Å². The van der Waals surface area contributed by atoms with E-state index >= 15 is 0 Å². The Hall–Kier alpha value is -7.62. The minimum Gasteiger partial charge on any atom is -0.456 e. The fourth-order valence-corrected chi connectivity index (χ4v) is 8.16. The average Bonchev–Trinajstić information content (AvgIpc) is 3.85. The van der Waals surface area contributed by atoms with E-state index in [1.54, 1.807) is 0 Å². The Balaban J connectivity index is 0.946. The van der Waals surface area contributed by atoms with Gasteiger partial charge >= 0.3 is 0 Å². The van der Waals surface area contributed by atoms with E-state index in [2.05, 4.69) is 205 Å². The van der Waals surface area contributed by atoms with Crippen molar-refractivity contribution in [3.63, 3.8) is 0 Å². The van der Waals surface area contributed by atoms with Crippen LogP contribution in [-0.2, 0) is 0 Å². The van der Waals surface area contributed by atoms with Gasteiger partial charge in [-0.3, -0.25) is 0 Å². The normalized spacial score (nSPS) is 11.5. The van der Waals surface area contributed by atoms with Crippen LogP contribution in [0.25, 0.3) is 88.4 Å². The van der Waals surface area contributed by atoms with Crippen molar-refractivity contribution in [3.05, 3.63) is 212 Å². The third kappa shape index (κ3) is 5.94. The van der Waals surface area contributed by atoms with Gasteiger partial charge in [0.25, 0.3) is 0 Å². The summed E-state index contributed by atoms with van der Waals surface area (Å²) >= 11 is 0. The molecular weight excluding hydrogens is 695 g/mol. The fraction of sp³-hybridized carbons (Fsp3) is 0. The van der Waals surface area contributed by atoms with E-state index in [0.717, 1.165) is 83.2 Å². The minimum absolute atomic E-state index is 0.878. The topological polar surface area (TPSA) is 29.5 Å². The molecule has 0 amide bonds. The summed E-state index contributed by atoms with van der Waals surface area (Å²) < 4.78 is 12.5. The number of hydrogen-bond acceptors (Lipinski definition) is 3. The maximum absolute atomic E-state index is 6.35. The summed E-state index contributed by atoms with van der Waals surface area (Å²) in [5, 5.41) is 4.45. The lowest BCUT2D eigenvalue weighted by Gasteiger charge is -2.26. The summed E-state index contributed by atoms with van der Waals surface area (Å²) in [6.45, 7) is 0. The van der Waals surface area contributed by atoms with Gasteiger partial charge in [-0.25, -0.2) is 0 Å². The van der Waals surface area contributed by atoms with Crippen LogP contribution in [0.1, 0.15) is 0 Å². The summed E-state index contributed by atoms with van der Waals surface area (Å²) in [6.07, 6.45) is 0. The zero-order valence-corrected chi connectivity index (χ0v) is 31.0. The maximum Gasteiger partial charge on any atom is 0.135 e. The van der Waals surface area contributed by atoms with Gasteiger partial charge in [-0.2, -0.15) is 0 Å². The standard InChI is InChI=1S/C54H35NO2/c1-3-9-36(10-4-1)38-15-24-44(25-16-38)55(45-26-17-39(18-27-45)37-11-5-2-6-12-37)46-28-19-40(20-29-46)41-21-30-53-49(33-41)50-35-43(23-32-54(50)57-53)42-22-31-52-48(34-42)47-13-7-8-14-51(47)56-52/h1-35H. The molecule has 0 fully saturated rings. The van der Waals surface area contributed by atoms with Crippen molar-refractivity contribution in [1.82, 2.24) is 0 Å². The first-order valence-corrected chi connectivity index (χ1v) is 19.3. The fourth-order valence-electron chi connectivity index (χ4n) is 8.16. The van der Waals surface area contributed by atoms with Gasteiger partial charge in [-0.1, -0.05) is 133 Å². The van der Waals surface area contributed by atoms with Gasteiger partial charge in [-0.05, 0) is 123 Å². The molecule has 57 heavy (non-hydrogen) atoms. The first-order valence-electron chi connectivity index (χ1n) is 19.3. The molecule has 0 atom stereocenters. The van der Waals surface area contributed by atoms with Crippen molar-refractivity contribution >= 4 is 60.9 Å². The van der Waals surface area contributed by atoms with Crippen molar-refractivity contribution in [1.29, 1.82) is 0 Å². The van der Waals surface area contributed by atoms with Crippen LogP contribution in [0.4, 0.5) is 17.1 Å². The third-order valence-electron chi connectivity index (χ3n) is 11.1. The lowest BCUT2D eigenvalue weighted by atomic mass is 9.99. The van der Waals surface area contributed by atoms with Gasteiger partial charge in [0.15, 0.2) is 0 Å². The van der Waals surface area contributed by atoms with Gasteiger partial charge in [-0.15, -0.1) is 0 Å². The molecule has 0 saturated heterocycles. The van der Waals surface area contributed by atoms with Crippen molar-refractivity contribution < 1.29 is 8.83 Å². The van der Waals surface area contributed by atoms with E-state index < -0.39 is 0 Å². The molecule has 0 saturated carbocycles. The molecule has 0 unspecified atom stereocenters. The Morgan fingerprint density at radius 1 is 0.228 bits per heavy atom. The van der Waals surface area contributed by atoms with Crippen LogP contribution in [0, 0.1) is 0 Å². The van der Waals surface area contributed by atoms with Crippen molar-refractivity contribution in [3.8, 4) is 44.5 Å². The lowest BCUT2D eigenvalue weighted by Crippen LogP contribution is -2.09. The van der Waals surface area contributed by atoms with Gasteiger partial charge in [0.2, 0.25) is 0 Å². The molecule has 2 heterocycles. The molecule has 0 aliphatic rings. The van der Waals surface area contributed by atoms with Gasteiger partial charge in [0.1, 0.15) is 22.3 Å². The molecule has 11 aromatic rings. The maximum atomic E-state index is 6.35. The molecule has 0 N–H and O–H groups in total. The molecule has 0 spiro atoms. The van der Waals surface area contributed by atoms with Crippen LogP contribution in [0.2, 0.25) is 0 Å². The number of furan rings is 2. The highest BCUT2D eigenvalue weighted by molar-refractivity contribution is 6.09. The quantitative estimate of drug-likeness (QED) is 0.164. The number of hydrogen-bond donors (Lipinski definition) is 0. The molecule has 268 valence electrons. The summed E-state index contributed by atoms with van der Waals surface area (Å²) in [6, 6.07) is 75.3. The SMILES string of the molecule is c1ccc(-c2ccc(N(c3ccc(-c4ccccc4)cc3)c3ccc(-c4ccc5oc6ccc(-c7ccc8oc9ccccc9c8c7)cc6c5c4)cc3)cc2)cc1. The Kier molecular flexibility index (Phi) is 7.82. The second kappa shape index (κ2) is 13.6. The summed E-state index contributed by atoms with van der Waals surface area (Å²) in [5.41, 5.74) is 16.2. The number of fused-ring (bicyclic) bond motifs is 6. The highest BCUT2D eigenvalue weighted by Gasteiger charge is 2.16. The zero-order chi connectivity index (χ0) is 37.7. The molecule has 0 aliphatic heterocycles. The van der Waals surface area contributed by atoms with Crippen LogP contribution in [-0.4, -0.2) is 0 Å². The van der Waals surface area contributed by atoms with Crippen LogP contribution in [0.15, 0.2) is 221 Å². The molecule has 3 heteroatoms. The second-order valence-corrected chi connectivity index (χ2v) is 14.5. The average molecular weight is 730 g/mol. The summed E-state index contributed by atoms with van der Waals surface area (Å²) in [7, 11) is 0. The van der Waals surface area contributed by atoms with Crippen LogP contribution < -0.4 is 4.90 Å². The molecule has 11 rings (SSSR count). The van der Waals surface area contributed by atoms with Gasteiger partial charge in [0, 0.05) is 38.6 Å². The molecule has 0 radical (unpaired) electrons. The van der Waals surface area contributed by atoms with E-state index in [0.29, 0.717) is 0 Å². The summed E-state index contributed by atoms with van der Waals surface area (Å²) in [5.74, 6) is 0. The van der Waals surface area contributed by atoms with E-state index in [9.17, 15) is 0 Å². The number of anilines is 3. The van der Waals surface area contributed by atoms with Crippen molar-refractivity contribution in [2.75, 3.05) is 4.90 Å². The molecule has 9 aromatic carbocycles. The zero-order valence-electron chi connectivity index (χ0n) is 31.0. The Labute approximate surface area is 330 Å². The number of benzene rings is 9. The third-order valence-corrected chi connectivity index (χ3v) is 11.1. The molecule has 2 aromatic heterocycles. The Morgan fingerprint density at radius 2 is 0.526 bits per heavy atom. The van der Waals surface area contributed by atoms with Gasteiger partial charge < -0.3 is 13.7 Å². The predicted molar refractivity (Wildman–Crippen MR) is 237 cm³/mol. The Morgan fingerprint density at radius 3 is 0.965 bits per heavy atom. The molecule has 0 bridgehead atoms. The van der Waals surface area contributed by atoms with E-state index in [1.165, 1.54) is 22.3 Å². The number of para-hydroxylation sites is 1. The first-order chi connectivity index (χ1) is 28.2. The highest BCUT2D eigenvalue weighted by Crippen LogP contribution is 2.40. The number of nitrogens with zero attached hydrogens (tertiary/aromatic N) is 1. The highest BCUT2D eigenvalue weighted by atomic mass is 16.3.